The number of rotatable bonds is 6. The Labute approximate surface area is 141 Å². The first-order valence-electron chi connectivity index (χ1n) is 7.82. The van der Waals surface area contributed by atoms with Crippen molar-refractivity contribution >= 4 is 5.78 Å². The molecule has 0 aliphatic carbocycles. The van der Waals surface area contributed by atoms with E-state index in [2.05, 4.69) is 0 Å². The third kappa shape index (κ3) is 4.19. The largest absolute Gasteiger partial charge is 0.504 e. The third-order valence-corrected chi connectivity index (χ3v) is 3.17. The van der Waals surface area contributed by atoms with Crippen LogP contribution >= 0.6 is 0 Å². The molecule has 0 saturated heterocycles. The van der Waals surface area contributed by atoms with Crippen LogP contribution in [0, 0.1) is 0 Å². The second-order valence-electron chi connectivity index (χ2n) is 6.03. The Hall–Kier alpha value is -2.69. The highest BCUT2D eigenvalue weighted by atomic mass is 16.5. The number of phenols is 2. The molecule has 0 amide bonds. The summed E-state index contributed by atoms with van der Waals surface area (Å²) in [6.45, 7) is 7.35. The maximum Gasteiger partial charge on any atom is 0.193 e. The van der Waals surface area contributed by atoms with Crippen molar-refractivity contribution in [3.63, 3.8) is 0 Å². The molecular formula is C19H22O5. The van der Waals surface area contributed by atoms with Crippen molar-refractivity contribution in [1.29, 1.82) is 0 Å². The molecule has 0 unspecified atom stereocenters. The number of ketones is 1. The first kappa shape index (κ1) is 17.7. The van der Waals surface area contributed by atoms with Crippen molar-refractivity contribution in [3.05, 3.63) is 47.5 Å². The molecule has 0 spiro atoms. The van der Waals surface area contributed by atoms with Crippen molar-refractivity contribution in [3.8, 4) is 23.0 Å². The molecule has 0 fully saturated rings. The second-order valence-corrected chi connectivity index (χ2v) is 6.03. The average Bonchev–Trinajstić information content (AvgIpc) is 2.50. The summed E-state index contributed by atoms with van der Waals surface area (Å²) in [6.07, 6.45) is -0.248. The zero-order chi connectivity index (χ0) is 17.9. The summed E-state index contributed by atoms with van der Waals surface area (Å²) >= 11 is 0. The maximum absolute atomic E-state index is 12.7. The van der Waals surface area contributed by atoms with Gasteiger partial charge in [-0.15, -0.1) is 0 Å². The Balaban J connectivity index is 2.35. The van der Waals surface area contributed by atoms with Crippen molar-refractivity contribution in [2.24, 2.45) is 0 Å². The Morgan fingerprint density at radius 3 is 1.50 bits per heavy atom. The average molecular weight is 330 g/mol. The zero-order valence-electron chi connectivity index (χ0n) is 14.2. The van der Waals surface area contributed by atoms with Crippen molar-refractivity contribution < 1.29 is 24.5 Å². The van der Waals surface area contributed by atoms with E-state index in [4.69, 9.17) is 9.47 Å². The number of carbonyl (C=O) groups excluding carboxylic acids is 1. The van der Waals surface area contributed by atoms with E-state index >= 15 is 0 Å². The fourth-order valence-corrected chi connectivity index (χ4v) is 2.17. The van der Waals surface area contributed by atoms with Gasteiger partial charge in [-0.3, -0.25) is 4.79 Å². The van der Waals surface area contributed by atoms with Gasteiger partial charge in [0.15, 0.2) is 28.8 Å². The molecule has 5 heteroatoms. The van der Waals surface area contributed by atoms with Crippen molar-refractivity contribution in [2.75, 3.05) is 0 Å². The first-order valence-corrected chi connectivity index (χ1v) is 7.82. The van der Waals surface area contributed by atoms with E-state index in [0.717, 1.165) is 0 Å². The minimum atomic E-state index is -0.253. The molecule has 0 saturated carbocycles. The van der Waals surface area contributed by atoms with Gasteiger partial charge in [0.05, 0.1) is 12.2 Å². The van der Waals surface area contributed by atoms with Crippen LogP contribution in [0.25, 0.3) is 0 Å². The molecule has 2 aromatic rings. The Morgan fingerprint density at radius 2 is 1.17 bits per heavy atom. The van der Waals surface area contributed by atoms with E-state index in [9.17, 15) is 15.0 Å². The monoisotopic (exact) mass is 330 g/mol. The molecule has 2 N–H and O–H groups in total. The molecular weight excluding hydrogens is 308 g/mol. The van der Waals surface area contributed by atoms with Gasteiger partial charge >= 0.3 is 0 Å². The summed E-state index contributed by atoms with van der Waals surface area (Å²) in [5, 5.41) is 19.7. The predicted molar refractivity (Wildman–Crippen MR) is 91.2 cm³/mol. The minimum absolute atomic E-state index is 0.0187. The molecule has 0 heterocycles. The van der Waals surface area contributed by atoms with Gasteiger partial charge in [-0.05, 0) is 64.1 Å². The molecule has 0 atom stereocenters. The highest BCUT2D eigenvalue weighted by molar-refractivity contribution is 6.09. The van der Waals surface area contributed by atoms with Crippen LogP contribution in [0.1, 0.15) is 43.6 Å². The van der Waals surface area contributed by atoms with Crippen LogP contribution in [0.3, 0.4) is 0 Å². The molecule has 0 radical (unpaired) electrons. The number of phenolic OH excluding ortho intramolecular Hbond substituents is 2. The first-order chi connectivity index (χ1) is 11.3. The smallest absolute Gasteiger partial charge is 0.193 e. The summed E-state index contributed by atoms with van der Waals surface area (Å²) in [6, 6.07) is 8.93. The highest BCUT2D eigenvalue weighted by Gasteiger charge is 2.16. The molecule has 0 aliphatic heterocycles. The van der Waals surface area contributed by atoms with Crippen LogP contribution < -0.4 is 9.47 Å². The van der Waals surface area contributed by atoms with E-state index in [1.54, 1.807) is 0 Å². The number of hydrogen-bond donors (Lipinski definition) is 2. The second kappa shape index (κ2) is 7.25. The van der Waals surface area contributed by atoms with Gasteiger partial charge < -0.3 is 19.7 Å². The predicted octanol–water partition coefficient (Wildman–Crippen LogP) is 3.90. The molecule has 5 nitrogen and oxygen atoms in total. The normalized spacial score (nSPS) is 10.9. The van der Waals surface area contributed by atoms with E-state index in [0.29, 0.717) is 11.1 Å². The van der Waals surface area contributed by atoms with E-state index in [1.165, 1.54) is 36.4 Å². The van der Waals surface area contributed by atoms with Crippen molar-refractivity contribution in [1.82, 2.24) is 0 Å². The standard InChI is InChI=1S/C19H22O5/c1-11(2)23-17-9-13(5-7-15(17)20)19(22)14-6-8-16(21)18(10-14)24-12(3)4/h5-12,20-21H,1-4H3. The van der Waals surface area contributed by atoms with E-state index in [-0.39, 0.29) is 41.0 Å². The van der Waals surface area contributed by atoms with Crippen LogP contribution in [0.2, 0.25) is 0 Å². The van der Waals surface area contributed by atoms with Crippen LogP contribution in [-0.4, -0.2) is 28.2 Å². The molecule has 128 valence electrons. The Bertz CT molecular complexity index is 673. The molecule has 0 aliphatic rings. The Kier molecular flexibility index (Phi) is 5.34. The fourth-order valence-electron chi connectivity index (χ4n) is 2.17. The lowest BCUT2D eigenvalue weighted by molar-refractivity contribution is 0.103. The van der Waals surface area contributed by atoms with Gasteiger partial charge in [0.25, 0.3) is 0 Å². The number of hydrogen-bond acceptors (Lipinski definition) is 5. The topological polar surface area (TPSA) is 76.0 Å². The van der Waals surface area contributed by atoms with Crippen LogP contribution in [-0.2, 0) is 0 Å². The molecule has 24 heavy (non-hydrogen) atoms. The molecule has 2 aromatic carbocycles. The number of carbonyl (C=O) groups is 1. The quantitative estimate of drug-likeness (QED) is 0.786. The van der Waals surface area contributed by atoms with Crippen LogP contribution in [0.4, 0.5) is 0 Å². The zero-order valence-corrected chi connectivity index (χ0v) is 14.2. The Morgan fingerprint density at radius 1 is 0.792 bits per heavy atom. The number of benzene rings is 2. The van der Waals surface area contributed by atoms with Crippen molar-refractivity contribution in [2.45, 2.75) is 39.9 Å². The number of aromatic hydroxyl groups is 2. The maximum atomic E-state index is 12.7. The lowest BCUT2D eigenvalue weighted by Crippen LogP contribution is -2.08. The summed E-state index contributed by atoms with van der Waals surface area (Å²) in [7, 11) is 0. The highest BCUT2D eigenvalue weighted by Crippen LogP contribution is 2.31. The van der Waals surface area contributed by atoms with Crippen LogP contribution in [0.15, 0.2) is 36.4 Å². The van der Waals surface area contributed by atoms with Gasteiger partial charge in [-0.1, -0.05) is 0 Å². The van der Waals surface area contributed by atoms with E-state index in [1.807, 2.05) is 27.7 Å². The van der Waals surface area contributed by atoms with Gasteiger partial charge in [0, 0.05) is 11.1 Å². The molecule has 2 rings (SSSR count). The summed E-state index contributed by atoms with van der Waals surface area (Å²) in [5.41, 5.74) is 0.759. The van der Waals surface area contributed by atoms with Crippen LogP contribution in [0.5, 0.6) is 23.0 Å². The molecule has 0 aromatic heterocycles. The lowest BCUT2D eigenvalue weighted by atomic mass is 10.0. The minimum Gasteiger partial charge on any atom is -0.504 e. The lowest BCUT2D eigenvalue weighted by Gasteiger charge is -2.14. The fraction of sp³-hybridized carbons (Fsp3) is 0.316. The summed E-state index contributed by atoms with van der Waals surface area (Å²) in [4.78, 5) is 12.7. The summed E-state index contributed by atoms with van der Waals surface area (Å²) < 4.78 is 11.0. The van der Waals surface area contributed by atoms with Gasteiger partial charge in [-0.2, -0.15) is 0 Å². The van der Waals surface area contributed by atoms with Gasteiger partial charge in [0.2, 0.25) is 0 Å². The van der Waals surface area contributed by atoms with Gasteiger partial charge in [-0.25, -0.2) is 0 Å². The SMILES string of the molecule is CC(C)Oc1cc(C(=O)c2ccc(O)c(OC(C)C)c2)ccc1O. The number of ether oxygens (including phenoxy) is 2. The van der Waals surface area contributed by atoms with Gasteiger partial charge in [0.1, 0.15) is 0 Å². The summed E-state index contributed by atoms with van der Waals surface area (Å²) in [5.74, 6) is 0.225. The molecule has 0 bridgehead atoms. The third-order valence-electron chi connectivity index (χ3n) is 3.17. The van der Waals surface area contributed by atoms with E-state index < -0.39 is 0 Å².